The Balaban J connectivity index is 1.53. The number of hydrogen-bond acceptors (Lipinski definition) is 3. The van der Waals surface area contributed by atoms with Crippen LogP contribution < -0.4 is 5.32 Å². The van der Waals surface area contributed by atoms with Crippen molar-refractivity contribution in [1.29, 1.82) is 0 Å². The number of nitrogens with one attached hydrogen (secondary N) is 1. The van der Waals surface area contributed by atoms with Crippen LogP contribution in [0.1, 0.15) is 50.5 Å². The summed E-state index contributed by atoms with van der Waals surface area (Å²) in [5.74, 6) is 3.87. The molecule has 3 rings (SSSR count). The first kappa shape index (κ1) is 13.2. The molecule has 0 bridgehead atoms. The monoisotopic (exact) mass is 262 g/mol. The van der Waals surface area contributed by atoms with Gasteiger partial charge in [-0.1, -0.05) is 6.92 Å². The van der Waals surface area contributed by atoms with Crippen molar-refractivity contribution >= 4 is 0 Å². The van der Waals surface area contributed by atoms with Crippen LogP contribution in [0, 0.1) is 5.92 Å². The molecule has 2 aliphatic rings. The van der Waals surface area contributed by atoms with E-state index in [1.54, 1.807) is 0 Å². The molecule has 0 aromatic carbocycles. The molecule has 3 heteroatoms. The molecule has 106 valence electrons. The fourth-order valence-corrected chi connectivity index (χ4v) is 3.07. The third kappa shape index (κ3) is 2.87. The highest BCUT2D eigenvalue weighted by molar-refractivity contribution is 5.17. The van der Waals surface area contributed by atoms with Gasteiger partial charge < -0.3 is 9.73 Å². The number of likely N-dealkylation sites (tertiary alicyclic amines) is 1. The molecule has 1 aliphatic carbocycles. The Kier molecular flexibility index (Phi) is 3.44. The fraction of sp³-hybridized carbons (Fsp3) is 0.750. The molecular formula is C16H26N2O. The van der Waals surface area contributed by atoms with E-state index in [1.165, 1.54) is 25.0 Å². The van der Waals surface area contributed by atoms with Crippen molar-refractivity contribution in [2.45, 2.75) is 51.1 Å². The normalized spacial score (nSPS) is 30.5. The summed E-state index contributed by atoms with van der Waals surface area (Å²) in [6.45, 7) is 7.92. The lowest BCUT2D eigenvalue weighted by molar-refractivity contribution is 0.138. The number of piperidine rings is 1. The first-order valence-electron chi connectivity index (χ1n) is 7.59. The van der Waals surface area contributed by atoms with Crippen LogP contribution in [0.2, 0.25) is 0 Å². The van der Waals surface area contributed by atoms with Crippen LogP contribution in [0.3, 0.4) is 0 Å². The molecule has 2 fully saturated rings. The van der Waals surface area contributed by atoms with Gasteiger partial charge in [0.2, 0.25) is 0 Å². The molecule has 1 saturated heterocycles. The predicted molar refractivity (Wildman–Crippen MR) is 77.2 cm³/mol. The zero-order valence-electron chi connectivity index (χ0n) is 12.4. The Morgan fingerprint density at radius 1 is 1.37 bits per heavy atom. The Labute approximate surface area is 116 Å². The molecule has 0 amide bonds. The van der Waals surface area contributed by atoms with Gasteiger partial charge >= 0.3 is 0 Å². The second-order valence-electron chi connectivity index (χ2n) is 6.71. The molecule has 2 heterocycles. The molecule has 1 saturated carbocycles. The number of furan rings is 1. The maximum absolute atomic E-state index is 6.00. The van der Waals surface area contributed by atoms with Crippen molar-refractivity contribution in [1.82, 2.24) is 10.2 Å². The van der Waals surface area contributed by atoms with E-state index < -0.39 is 0 Å². The second kappa shape index (κ2) is 4.95. The molecule has 1 aromatic heterocycles. The Hall–Kier alpha value is -0.800. The van der Waals surface area contributed by atoms with Crippen molar-refractivity contribution in [2.24, 2.45) is 5.92 Å². The van der Waals surface area contributed by atoms with E-state index in [1.807, 2.05) is 0 Å². The van der Waals surface area contributed by atoms with Crippen LogP contribution in [0.25, 0.3) is 0 Å². The maximum atomic E-state index is 6.00. The SMILES string of the molecule is CNC1(C)CCN(Cc2ccc(C3CC3C)o2)CC1. The molecule has 3 nitrogen and oxygen atoms in total. The Bertz CT molecular complexity index is 432. The van der Waals surface area contributed by atoms with Crippen LogP contribution in [0.4, 0.5) is 0 Å². The lowest BCUT2D eigenvalue weighted by Crippen LogP contribution is -2.49. The zero-order valence-corrected chi connectivity index (χ0v) is 12.4. The third-order valence-corrected chi connectivity index (χ3v) is 5.10. The number of hydrogen-bond donors (Lipinski definition) is 1. The van der Waals surface area contributed by atoms with E-state index >= 15 is 0 Å². The van der Waals surface area contributed by atoms with E-state index in [9.17, 15) is 0 Å². The van der Waals surface area contributed by atoms with Gasteiger partial charge in [0.25, 0.3) is 0 Å². The molecule has 1 aromatic rings. The molecule has 0 radical (unpaired) electrons. The highest BCUT2D eigenvalue weighted by Crippen LogP contribution is 2.47. The van der Waals surface area contributed by atoms with E-state index in [2.05, 4.69) is 43.2 Å². The predicted octanol–water partition coefficient (Wildman–Crippen LogP) is 2.98. The summed E-state index contributed by atoms with van der Waals surface area (Å²) < 4.78 is 6.00. The van der Waals surface area contributed by atoms with Gasteiger partial charge in [-0.15, -0.1) is 0 Å². The standard InChI is InChI=1S/C16H26N2O/c1-12-10-14(12)15-5-4-13(19-15)11-18-8-6-16(2,17-3)7-9-18/h4-5,12,14,17H,6-11H2,1-3H3. The van der Waals surface area contributed by atoms with Crippen LogP contribution in [-0.2, 0) is 6.54 Å². The average molecular weight is 262 g/mol. The van der Waals surface area contributed by atoms with E-state index in [0.29, 0.717) is 11.5 Å². The van der Waals surface area contributed by atoms with Gasteiger partial charge in [-0.05, 0) is 51.3 Å². The first-order valence-corrected chi connectivity index (χ1v) is 7.59. The van der Waals surface area contributed by atoms with E-state index in [0.717, 1.165) is 31.3 Å². The minimum Gasteiger partial charge on any atom is -0.464 e. The Morgan fingerprint density at radius 2 is 2.05 bits per heavy atom. The van der Waals surface area contributed by atoms with Gasteiger partial charge in [0.15, 0.2) is 0 Å². The summed E-state index contributed by atoms with van der Waals surface area (Å²) in [4.78, 5) is 2.51. The molecule has 0 spiro atoms. The summed E-state index contributed by atoms with van der Waals surface area (Å²) in [5, 5.41) is 3.45. The highest BCUT2D eigenvalue weighted by Gasteiger charge is 2.36. The van der Waals surface area contributed by atoms with Crippen LogP contribution in [0.15, 0.2) is 16.5 Å². The quantitative estimate of drug-likeness (QED) is 0.904. The van der Waals surface area contributed by atoms with Crippen LogP contribution in [0.5, 0.6) is 0 Å². The summed E-state index contributed by atoms with van der Waals surface area (Å²) in [6, 6.07) is 4.36. The van der Waals surface area contributed by atoms with E-state index in [4.69, 9.17) is 4.42 Å². The summed E-state index contributed by atoms with van der Waals surface area (Å²) in [7, 11) is 2.07. The maximum Gasteiger partial charge on any atom is 0.118 e. The van der Waals surface area contributed by atoms with Gasteiger partial charge in [0.05, 0.1) is 6.54 Å². The van der Waals surface area contributed by atoms with Gasteiger partial charge in [-0.3, -0.25) is 4.90 Å². The minimum absolute atomic E-state index is 0.328. The summed E-state index contributed by atoms with van der Waals surface area (Å²) >= 11 is 0. The van der Waals surface area contributed by atoms with Crippen molar-refractivity contribution in [3.05, 3.63) is 23.7 Å². The molecule has 1 aliphatic heterocycles. The molecular weight excluding hydrogens is 236 g/mol. The van der Waals surface area contributed by atoms with Gasteiger partial charge in [0.1, 0.15) is 11.5 Å². The topological polar surface area (TPSA) is 28.4 Å². The van der Waals surface area contributed by atoms with Crippen LogP contribution in [-0.4, -0.2) is 30.6 Å². The van der Waals surface area contributed by atoms with Gasteiger partial charge in [-0.25, -0.2) is 0 Å². The molecule has 19 heavy (non-hydrogen) atoms. The fourth-order valence-electron chi connectivity index (χ4n) is 3.07. The average Bonchev–Trinajstić information content (AvgIpc) is 2.97. The van der Waals surface area contributed by atoms with Crippen molar-refractivity contribution in [2.75, 3.05) is 20.1 Å². The lowest BCUT2D eigenvalue weighted by Gasteiger charge is -2.39. The minimum atomic E-state index is 0.328. The number of rotatable bonds is 4. The van der Waals surface area contributed by atoms with Crippen molar-refractivity contribution < 1.29 is 4.42 Å². The van der Waals surface area contributed by atoms with E-state index in [-0.39, 0.29) is 0 Å². The summed E-state index contributed by atoms with van der Waals surface area (Å²) in [6.07, 6.45) is 3.74. The highest BCUT2D eigenvalue weighted by atomic mass is 16.3. The lowest BCUT2D eigenvalue weighted by atomic mass is 9.90. The Morgan fingerprint density at radius 3 is 2.63 bits per heavy atom. The number of nitrogens with zero attached hydrogens (tertiary/aromatic N) is 1. The third-order valence-electron chi connectivity index (χ3n) is 5.10. The second-order valence-corrected chi connectivity index (χ2v) is 6.71. The zero-order chi connectivity index (χ0) is 13.5. The first-order chi connectivity index (χ1) is 9.09. The molecule has 2 atom stereocenters. The van der Waals surface area contributed by atoms with Crippen molar-refractivity contribution in [3.8, 4) is 0 Å². The van der Waals surface area contributed by atoms with Gasteiger partial charge in [-0.2, -0.15) is 0 Å². The summed E-state index contributed by atoms with van der Waals surface area (Å²) in [5.41, 5.74) is 0.328. The van der Waals surface area contributed by atoms with Crippen molar-refractivity contribution in [3.63, 3.8) is 0 Å². The largest absolute Gasteiger partial charge is 0.464 e. The van der Waals surface area contributed by atoms with Crippen LogP contribution >= 0.6 is 0 Å². The molecule has 1 N–H and O–H groups in total. The molecule has 2 unspecified atom stereocenters. The van der Waals surface area contributed by atoms with Gasteiger partial charge in [0, 0.05) is 24.5 Å². The smallest absolute Gasteiger partial charge is 0.118 e.